The van der Waals surface area contributed by atoms with Gasteiger partial charge in [-0.05, 0) is 37.1 Å². The molecule has 0 saturated carbocycles. The van der Waals surface area contributed by atoms with E-state index in [0.29, 0.717) is 11.4 Å². The van der Waals surface area contributed by atoms with Gasteiger partial charge in [0.05, 0.1) is 40.2 Å². The number of benzene rings is 1. The molecule has 3 N–H and O–H groups in total. The summed E-state index contributed by atoms with van der Waals surface area (Å²) in [7, 11) is -7.01. The first-order valence-corrected chi connectivity index (χ1v) is 12.3. The number of sulfonamides is 1. The first-order valence-electron chi connectivity index (χ1n) is 8.96. The lowest BCUT2D eigenvalue weighted by molar-refractivity contribution is 0.0953. The van der Waals surface area contributed by atoms with Crippen LogP contribution in [0.15, 0.2) is 48.7 Å². The lowest BCUT2D eigenvalue weighted by Crippen LogP contribution is -2.42. The van der Waals surface area contributed by atoms with Crippen LogP contribution in [0.5, 0.6) is 0 Å². The van der Waals surface area contributed by atoms with Crippen molar-refractivity contribution >= 4 is 31.5 Å². The van der Waals surface area contributed by atoms with E-state index in [1.807, 2.05) is 5.43 Å². The van der Waals surface area contributed by atoms with Gasteiger partial charge in [0.25, 0.3) is 5.91 Å². The van der Waals surface area contributed by atoms with Gasteiger partial charge in [0.2, 0.25) is 10.0 Å². The maximum absolute atomic E-state index is 13.3. The van der Waals surface area contributed by atoms with Crippen LogP contribution < -0.4 is 15.6 Å². The van der Waals surface area contributed by atoms with Crippen molar-refractivity contribution in [2.45, 2.75) is 24.6 Å². The molecule has 1 saturated heterocycles. The maximum Gasteiger partial charge on any atom is 0.266 e. The van der Waals surface area contributed by atoms with Crippen LogP contribution in [0.4, 0.5) is 5.69 Å². The van der Waals surface area contributed by atoms with Crippen molar-refractivity contribution in [1.29, 1.82) is 0 Å². The van der Waals surface area contributed by atoms with E-state index < -0.39 is 31.0 Å². The molecule has 1 aliphatic rings. The smallest absolute Gasteiger partial charge is 0.266 e. The summed E-state index contributed by atoms with van der Waals surface area (Å²) < 4.78 is 51.4. The first kappa shape index (κ1) is 21.2. The number of hydrazine groups is 1. The monoisotopic (exact) mass is 438 g/mol. The normalized spacial score (nSPS) is 16.9. The van der Waals surface area contributed by atoms with Crippen LogP contribution in [-0.4, -0.2) is 44.5 Å². The number of anilines is 1. The highest BCUT2D eigenvalue weighted by Crippen LogP contribution is 2.28. The maximum atomic E-state index is 13.3. The molecule has 1 fully saturated rings. The number of rotatable bonds is 6. The molecule has 9 nitrogen and oxygen atoms in total. The van der Waals surface area contributed by atoms with E-state index >= 15 is 0 Å². The van der Waals surface area contributed by atoms with E-state index in [1.54, 1.807) is 36.4 Å². The Morgan fingerprint density at radius 3 is 2.34 bits per heavy atom. The number of sulfone groups is 1. The van der Waals surface area contributed by atoms with Gasteiger partial charge in [-0.2, -0.15) is 0 Å². The Hall–Kier alpha value is -2.50. The van der Waals surface area contributed by atoms with E-state index in [4.69, 9.17) is 5.84 Å². The summed E-state index contributed by atoms with van der Waals surface area (Å²) >= 11 is 0. The average molecular weight is 439 g/mol. The molecule has 1 aliphatic heterocycles. The molecule has 29 heavy (non-hydrogen) atoms. The molecule has 0 unspecified atom stereocenters. The minimum atomic E-state index is -3.83. The van der Waals surface area contributed by atoms with Crippen molar-refractivity contribution in [2.24, 2.45) is 5.84 Å². The fourth-order valence-corrected chi connectivity index (χ4v) is 6.86. The molecule has 0 aliphatic carbocycles. The van der Waals surface area contributed by atoms with E-state index in [1.165, 1.54) is 16.6 Å². The van der Waals surface area contributed by atoms with Gasteiger partial charge < -0.3 is 0 Å². The predicted octanol–water partition coefficient (Wildman–Crippen LogP) is 0.599. The van der Waals surface area contributed by atoms with Crippen LogP contribution in [0.3, 0.4) is 0 Å². The van der Waals surface area contributed by atoms with Crippen molar-refractivity contribution in [3.8, 4) is 0 Å². The molecular weight excluding hydrogens is 416 g/mol. The van der Waals surface area contributed by atoms with E-state index in [0.717, 1.165) is 0 Å². The van der Waals surface area contributed by atoms with Crippen molar-refractivity contribution < 1.29 is 21.6 Å². The van der Waals surface area contributed by atoms with Crippen molar-refractivity contribution in [3.63, 3.8) is 0 Å². The highest BCUT2D eigenvalue weighted by Gasteiger charge is 2.37. The van der Waals surface area contributed by atoms with Gasteiger partial charge >= 0.3 is 0 Å². The molecule has 0 spiro atoms. The number of nitrogens with two attached hydrogens (primary N) is 1. The average Bonchev–Trinajstić information content (AvgIpc) is 2.72. The Morgan fingerprint density at radius 1 is 1.14 bits per heavy atom. The van der Waals surface area contributed by atoms with E-state index in [2.05, 4.69) is 4.98 Å². The van der Waals surface area contributed by atoms with E-state index in [-0.39, 0.29) is 36.5 Å². The van der Waals surface area contributed by atoms with Gasteiger partial charge in [-0.15, -0.1) is 0 Å². The summed E-state index contributed by atoms with van der Waals surface area (Å²) in [5, 5.41) is -0.784. The Labute approximate surface area is 169 Å². The molecule has 2 aromatic rings. The molecule has 0 radical (unpaired) electrons. The number of nitrogens with one attached hydrogen (secondary N) is 1. The fraction of sp³-hybridized carbons (Fsp3) is 0.333. The lowest BCUT2D eigenvalue weighted by Gasteiger charge is -2.31. The van der Waals surface area contributed by atoms with Gasteiger partial charge in [-0.1, -0.05) is 18.2 Å². The summed E-state index contributed by atoms with van der Waals surface area (Å²) in [6, 6.07) is 11.6. The summed E-state index contributed by atoms with van der Waals surface area (Å²) in [5.74, 6) is 4.32. The lowest BCUT2D eigenvalue weighted by atomic mass is 10.2. The number of nitrogens with zero attached hydrogens (tertiary/aromatic N) is 2. The molecule has 0 bridgehead atoms. The molecule has 3 rings (SSSR count). The Morgan fingerprint density at radius 2 is 1.79 bits per heavy atom. The number of hydrogen-bond donors (Lipinski definition) is 2. The number of para-hydroxylation sites is 1. The second-order valence-electron chi connectivity index (χ2n) is 6.75. The number of carbonyl (C=O) groups is 1. The largest absolute Gasteiger partial charge is 0.290 e. The number of hydrogen-bond acceptors (Lipinski definition) is 7. The van der Waals surface area contributed by atoms with Crippen molar-refractivity contribution in [2.75, 3.05) is 15.8 Å². The zero-order valence-corrected chi connectivity index (χ0v) is 17.2. The van der Waals surface area contributed by atoms with Crippen LogP contribution in [0.25, 0.3) is 0 Å². The number of pyridine rings is 1. The van der Waals surface area contributed by atoms with Gasteiger partial charge in [-0.25, -0.2) is 22.7 Å². The number of carbonyl (C=O) groups excluding carboxylic acids is 1. The summed E-state index contributed by atoms with van der Waals surface area (Å²) in [6.45, 7) is -0.0415. The molecule has 2 heterocycles. The molecule has 1 aromatic heterocycles. The van der Waals surface area contributed by atoms with Crippen LogP contribution in [-0.2, 0) is 26.4 Å². The van der Waals surface area contributed by atoms with Crippen LogP contribution >= 0.6 is 0 Å². The predicted molar refractivity (Wildman–Crippen MR) is 109 cm³/mol. The summed E-state index contributed by atoms with van der Waals surface area (Å²) in [6.07, 6.45) is 1.45. The molecular formula is C18H22N4O5S2. The van der Waals surface area contributed by atoms with E-state index in [9.17, 15) is 21.6 Å². The standard InChI is InChI=1S/C18H22N4O5S2/c19-21-18(23)14-6-7-15(20-12-14)13-22(16-4-2-1-3-5-16)29(26,27)17-8-10-28(24,25)11-9-17/h1-7,12,17H,8-11,13,19H2,(H,21,23). The number of nitrogen functional groups attached to an aromatic ring is 1. The highest BCUT2D eigenvalue weighted by molar-refractivity contribution is 7.94. The van der Waals surface area contributed by atoms with Crippen LogP contribution in [0.2, 0.25) is 0 Å². The first-order chi connectivity index (χ1) is 13.7. The molecule has 156 valence electrons. The van der Waals surface area contributed by atoms with Gasteiger partial charge in [0, 0.05) is 6.20 Å². The topological polar surface area (TPSA) is 140 Å². The zero-order chi connectivity index (χ0) is 21.1. The second kappa shape index (κ2) is 8.47. The SMILES string of the molecule is NNC(=O)c1ccc(CN(c2ccccc2)S(=O)(=O)C2CCS(=O)(=O)CC2)nc1. The highest BCUT2D eigenvalue weighted by atomic mass is 32.2. The Bertz CT molecular complexity index is 1060. The third-order valence-corrected chi connectivity index (χ3v) is 8.78. The zero-order valence-electron chi connectivity index (χ0n) is 15.6. The Kier molecular flexibility index (Phi) is 6.20. The van der Waals surface area contributed by atoms with Crippen molar-refractivity contribution in [1.82, 2.24) is 10.4 Å². The second-order valence-corrected chi connectivity index (χ2v) is 11.2. The number of aromatic nitrogens is 1. The molecule has 0 atom stereocenters. The van der Waals surface area contributed by atoms with Crippen LogP contribution in [0.1, 0.15) is 28.9 Å². The summed E-state index contributed by atoms with van der Waals surface area (Å²) in [5.41, 5.74) is 3.16. The quantitative estimate of drug-likeness (QED) is 0.382. The van der Waals surface area contributed by atoms with Gasteiger partial charge in [-0.3, -0.25) is 19.5 Å². The number of amides is 1. The summed E-state index contributed by atoms with van der Waals surface area (Å²) in [4.78, 5) is 15.7. The van der Waals surface area contributed by atoms with Crippen LogP contribution in [0, 0.1) is 0 Å². The minimum absolute atomic E-state index is 0.0415. The molecule has 1 amide bonds. The third kappa shape index (κ3) is 4.92. The van der Waals surface area contributed by atoms with Gasteiger partial charge in [0.15, 0.2) is 0 Å². The minimum Gasteiger partial charge on any atom is -0.290 e. The van der Waals surface area contributed by atoms with Crippen molar-refractivity contribution in [3.05, 3.63) is 59.9 Å². The fourth-order valence-electron chi connectivity index (χ4n) is 3.15. The Balaban J connectivity index is 1.90. The van der Waals surface area contributed by atoms with Gasteiger partial charge in [0.1, 0.15) is 9.84 Å². The molecule has 1 aromatic carbocycles. The third-order valence-electron chi connectivity index (χ3n) is 4.80. The molecule has 11 heteroatoms.